The molecule has 5 heteroatoms. The predicted molar refractivity (Wildman–Crippen MR) is 73.8 cm³/mol. The summed E-state index contributed by atoms with van der Waals surface area (Å²) in [6.45, 7) is 3.04. The van der Waals surface area contributed by atoms with E-state index in [1.165, 1.54) is 12.8 Å². The van der Waals surface area contributed by atoms with Gasteiger partial charge < -0.3 is 10.1 Å². The zero-order valence-corrected chi connectivity index (χ0v) is 12.1. The third-order valence-electron chi connectivity index (χ3n) is 3.55. The Hall–Kier alpha value is -0.680. The van der Waals surface area contributed by atoms with Gasteiger partial charge in [0.2, 0.25) is 0 Å². The lowest BCUT2D eigenvalue weighted by Crippen LogP contribution is -2.30. The van der Waals surface area contributed by atoms with Crippen LogP contribution in [0.25, 0.3) is 0 Å². The van der Waals surface area contributed by atoms with Gasteiger partial charge in [0.05, 0.1) is 12.1 Å². The Kier molecular flexibility index (Phi) is 3.52. The van der Waals surface area contributed by atoms with Crippen LogP contribution in [0, 0.1) is 0 Å². The van der Waals surface area contributed by atoms with E-state index < -0.39 is 0 Å². The number of ether oxygens (including phenoxy) is 1. The van der Waals surface area contributed by atoms with E-state index in [1.54, 1.807) is 0 Å². The molecule has 2 atom stereocenters. The van der Waals surface area contributed by atoms with Gasteiger partial charge in [-0.2, -0.15) is 0 Å². The second kappa shape index (κ2) is 5.13. The second-order valence-corrected chi connectivity index (χ2v) is 6.01. The molecule has 0 aromatic carbocycles. The first kappa shape index (κ1) is 12.4. The molecule has 2 fully saturated rings. The topological polar surface area (TPSA) is 47.0 Å². The maximum atomic E-state index is 5.69. The van der Waals surface area contributed by atoms with E-state index in [2.05, 4.69) is 38.1 Å². The van der Waals surface area contributed by atoms with E-state index >= 15 is 0 Å². The zero-order valence-electron chi connectivity index (χ0n) is 10.5. The summed E-state index contributed by atoms with van der Waals surface area (Å²) < 4.78 is 6.55. The average Bonchev–Trinajstić information content (AvgIpc) is 3.03. The highest BCUT2D eigenvalue weighted by molar-refractivity contribution is 9.10. The number of hydrogen-bond donors (Lipinski definition) is 1. The third-order valence-corrected chi connectivity index (χ3v) is 3.96. The lowest BCUT2D eigenvalue weighted by molar-refractivity contribution is 0.0995. The Morgan fingerprint density at radius 3 is 2.89 bits per heavy atom. The number of rotatable bonds is 4. The molecule has 18 heavy (non-hydrogen) atoms. The molecule has 0 bridgehead atoms. The lowest BCUT2D eigenvalue weighted by atomic mass is 10.1. The Labute approximate surface area is 116 Å². The number of nitrogens with one attached hydrogen (secondary N) is 1. The average molecular weight is 312 g/mol. The van der Waals surface area contributed by atoms with Crippen LogP contribution in [0.3, 0.4) is 0 Å². The molecule has 1 saturated carbocycles. The smallest absolute Gasteiger partial charge is 0.135 e. The highest BCUT2D eigenvalue weighted by atomic mass is 79.9. The molecule has 2 unspecified atom stereocenters. The van der Waals surface area contributed by atoms with E-state index in [9.17, 15) is 0 Å². The van der Waals surface area contributed by atoms with Crippen LogP contribution in [0.15, 0.2) is 10.7 Å². The second-order valence-electron chi connectivity index (χ2n) is 5.19. The summed E-state index contributed by atoms with van der Waals surface area (Å²) in [7, 11) is 0. The van der Waals surface area contributed by atoms with Crippen LogP contribution in [0.4, 0.5) is 5.82 Å². The quantitative estimate of drug-likeness (QED) is 0.868. The van der Waals surface area contributed by atoms with Crippen LogP contribution in [-0.2, 0) is 4.74 Å². The largest absolute Gasteiger partial charge is 0.376 e. The van der Waals surface area contributed by atoms with E-state index in [0.29, 0.717) is 18.1 Å². The van der Waals surface area contributed by atoms with Gasteiger partial charge in [0.15, 0.2) is 0 Å². The summed E-state index contributed by atoms with van der Waals surface area (Å²) in [4.78, 5) is 9.03. The first-order valence-corrected chi connectivity index (χ1v) is 7.44. The van der Waals surface area contributed by atoms with Crippen molar-refractivity contribution >= 4 is 21.7 Å². The van der Waals surface area contributed by atoms with Gasteiger partial charge >= 0.3 is 0 Å². The molecule has 0 radical (unpaired) electrons. The van der Waals surface area contributed by atoms with E-state index in [-0.39, 0.29) is 0 Å². The number of nitrogens with zero attached hydrogens (tertiary/aromatic N) is 2. The molecular weight excluding hydrogens is 294 g/mol. The summed E-state index contributed by atoms with van der Waals surface area (Å²) in [6, 6.07) is 2.23. The summed E-state index contributed by atoms with van der Waals surface area (Å²) in [5, 5.41) is 3.44. The Morgan fingerprint density at radius 2 is 2.22 bits per heavy atom. The molecule has 1 aromatic heterocycles. The highest BCUT2D eigenvalue weighted by Crippen LogP contribution is 2.38. The normalized spacial score (nSPS) is 25.1. The van der Waals surface area contributed by atoms with Crippen molar-refractivity contribution in [2.24, 2.45) is 0 Å². The standard InChI is InChI=1S/C13H18BrN3O/c1-8(10-3-2-6-18-10)15-12-7-11(14)16-13(17-12)9-4-5-9/h7-10H,2-6H2,1H3,(H,15,16,17). The molecule has 0 spiro atoms. The van der Waals surface area contributed by atoms with E-state index in [1.807, 2.05) is 6.07 Å². The first-order valence-electron chi connectivity index (χ1n) is 6.65. The van der Waals surface area contributed by atoms with Gasteiger partial charge in [0, 0.05) is 18.6 Å². The van der Waals surface area contributed by atoms with Crippen LogP contribution in [0.5, 0.6) is 0 Å². The third kappa shape index (κ3) is 2.83. The molecular formula is C13H18BrN3O. The molecule has 98 valence electrons. The van der Waals surface area contributed by atoms with Crippen molar-refractivity contribution in [3.63, 3.8) is 0 Å². The molecule has 2 aliphatic rings. The number of aromatic nitrogens is 2. The van der Waals surface area contributed by atoms with Gasteiger partial charge in [0.25, 0.3) is 0 Å². The lowest BCUT2D eigenvalue weighted by Gasteiger charge is -2.20. The molecule has 4 nitrogen and oxygen atoms in total. The Bertz CT molecular complexity index is 430. The van der Waals surface area contributed by atoms with Crippen molar-refractivity contribution in [3.05, 3.63) is 16.5 Å². The van der Waals surface area contributed by atoms with Crippen LogP contribution < -0.4 is 5.32 Å². The van der Waals surface area contributed by atoms with Crippen LogP contribution in [0.1, 0.15) is 44.3 Å². The zero-order chi connectivity index (χ0) is 12.5. The van der Waals surface area contributed by atoms with Gasteiger partial charge in [-0.05, 0) is 48.5 Å². The molecule has 1 aliphatic carbocycles. The summed E-state index contributed by atoms with van der Waals surface area (Å²) in [6.07, 6.45) is 5.05. The van der Waals surface area contributed by atoms with Gasteiger partial charge in [-0.1, -0.05) is 0 Å². The van der Waals surface area contributed by atoms with Gasteiger partial charge in [-0.25, -0.2) is 9.97 Å². The molecule has 3 rings (SSSR count). The molecule has 1 N–H and O–H groups in total. The van der Waals surface area contributed by atoms with Crippen molar-refractivity contribution in [1.82, 2.24) is 9.97 Å². The monoisotopic (exact) mass is 311 g/mol. The van der Waals surface area contributed by atoms with E-state index in [4.69, 9.17) is 4.74 Å². The van der Waals surface area contributed by atoms with Gasteiger partial charge in [0.1, 0.15) is 16.2 Å². The summed E-state index contributed by atoms with van der Waals surface area (Å²) in [5.74, 6) is 2.44. The Balaban J connectivity index is 1.70. The molecule has 1 aromatic rings. The Morgan fingerprint density at radius 1 is 1.39 bits per heavy atom. The van der Waals surface area contributed by atoms with Gasteiger partial charge in [-0.3, -0.25) is 0 Å². The fraction of sp³-hybridized carbons (Fsp3) is 0.692. The van der Waals surface area contributed by atoms with Crippen molar-refractivity contribution < 1.29 is 4.74 Å². The van der Waals surface area contributed by atoms with Crippen LogP contribution in [-0.4, -0.2) is 28.7 Å². The molecule has 0 amide bonds. The minimum atomic E-state index is 0.293. The SMILES string of the molecule is CC(Nc1cc(Br)nc(C2CC2)n1)C1CCCO1. The van der Waals surface area contributed by atoms with Crippen LogP contribution in [0.2, 0.25) is 0 Å². The van der Waals surface area contributed by atoms with Crippen LogP contribution >= 0.6 is 15.9 Å². The number of anilines is 1. The minimum Gasteiger partial charge on any atom is -0.376 e. The molecule has 2 heterocycles. The maximum Gasteiger partial charge on any atom is 0.135 e. The first-order chi connectivity index (χ1) is 8.72. The summed E-state index contributed by atoms with van der Waals surface area (Å²) >= 11 is 3.46. The van der Waals surface area contributed by atoms with Gasteiger partial charge in [-0.15, -0.1) is 0 Å². The number of halogens is 1. The summed E-state index contributed by atoms with van der Waals surface area (Å²) in [5.41, 5.74) is 0. The maximum absolute atomic E-state index is 5.69. The predicted octanol–water partition coefficient (Wildman–Crippen LogP) is 3.10. The molecule has 1 saturated heterocycles. The van der Waals surface area contributed by atoms with Crippen molar-refractivity contribution in [2.45, 2.75) is 50.7 Å². The fourth-order valence-corrected chi connectivity index (χ4v) is 2.75. The minimum absolute atomic E-state index is 0.293. The highest BCUT2D eigenvalue weighted by Gasteiger charge is 2.28. The van der Waals surface area contributed by atoms with E-state index in [0.717, 1.165) is 35.7 Å². The number of hydrogen-bond acceptors (Lipinski definition) is 4. The fourth-order valence-electron chi connectivity index (χ4n) is 2.36. The van der Waals surface area contributed by atoms with Crippen molar-refractivity contribution in [2.75, 3.05) is 11.9 Å². The van der Waals surface area contributed by atoms with Crippen molar-refractivity contribution in [3.8, 4) is 0 Å². The van der Waals surface area contributed by atoms with Crippen molar-refractivity contribution in [1.29, 1.82) is 0 Å². The molecule has 1 aliphatic heterocycles.